The molecule has 0 aromatic carbocycles. The van der Waals surface area contributed by atoms with Gasteiger partial charge in [0.15, 0.2) is 22.4 Å². The summed E-state index contributed by atoms with van der Waals surface area (Å²) in [6.45, 7) is 26.7. The molecule has 7 heteroatoms. The summed E-state index contributed by atoms with van der Waals surface area (Å²) >= 11 is 3.74. The molecule has 1 saturated heterocycles. The van der Waals surface area contributed by atoms with Crippen LogP contribution >= 0.6 is 15.9 Å². The topological polar surface area (TPSA) is 36.9 Å². The third-order valence-electron chi connectivity index (χ3n) is 6.85. The van der Waals surface area contributed by atoms with Crippen molar-refractivity contribution in [3.8, 4) is 0 Å². The van der Waals surface area contributed by atoms with Gasteiger partial charge in [0, 0.05) is 4.48 Å². The molecule has 0 radical (unpaired) electrons. The van der Waals surface area contributed by atoms with Crippen LogP contribution in [0.5, 0.6) is 0 Å². The fourth-order valence-corrected chi connectivity index (χ4v) is 6.20. The lowest BCUT2D eigenvalue weighted by atomic mass is 9.96. The summed E-state index contributed by atoms with van der Waals surface area (Å²) in [6.07, 6.45) is 1.50. The summed E-state index contributed by atoms with van der Waals surface area (Å²) in [6, 6.07) is 0. The smallest absolute Gasteiger partial charge is 0.193 e. The molecule has 0 aromatic heterocycles. The molecule has 164 valence electrons. The second-order valence-electron chi connectivity index (χ2n) is 11.8. The minimum Gasteiger partial charge on any atom is -0.408 e. The van der Waals surface area contributed by atoms with Crippen molar-refractivity contribution in [2.24, 2.45) is 0 Å². The highest BCUT2D eigenvalue weighted by Gasteiger charge is 2.55. The molecule has 0 N–H and O–H groups in total. The van der Waals surface area contributed by atoms with E-state index < -0.39 is 22.4 Å². The monoisotopic (exact) mass is 492 g/mol. The average molecular weight is 494 g/mol. The van der Waals surface area contributed by atoms with Crippen molar-refractivity contribution >= 4 is 32.6 Å². The zero-order valence-electron chi connectivity index (χ0n) is 19.9. The van der Waals surface area contributed by atoms with Crippen molar-refractivity contribution < 1.29 is 18.3 Å². The van der Waals surface area contributed by atoms with E-state index in [1.165, 1.54) is 0 Å². The van der Waals surface area contributed by atoms with Gasteiger partial charge < -0.3 is 18.3 Å². The van der Waals surface area contributed by atoms with Crippen molar-refractivity contribution in [3.05, 3.63) is 10.6 Å². The van der Waals surface area contributed by atoms with Crippen LogP contribution < -0.4 is 0 Å². The molecular formula is C21H41BrO4Si2. The second kappa shape index (κ2) is 7.57. The highest BCUT2D eigenvalue weighted by atomic mass is 79.9. The molecule has 1 aliphatic carbocycles. The van der Waals surface area contributed by atoms with Gasteiger partial charge in [-0.3, -0.25) is 0 Å². The summed E-state index contributed by atoms with van der Waals surface area (Å²) in [5.41, 5.74) is 0. The van der Waals surface area contributed by atoms with Crippen LogP contribution in [0.1, 0.15) is 55.4 Å². The first kappa shape index (κ1) is 24.8. The number of hydrogen-bond acceptors (Lipinski definition) is 4. The summed E-state index contributed by atoms with van der Waals surface area (Å²) in [7, 11) is -4.02. The zero-order chi connectivity index (χ0) is 21.9. The fraction of sp³-hybridized carbons (Fsp3) is 0.905. The third-order valence-corrected chi connectivity index (χ3v) is 16.5. The molecule has 0 unspecified atom stereocenters. The Balaban J connectivity index is 2.44. The van der Waals surface area contributed by atoms with Gasteiger partial charge in [-0.15, -0.1) is 0 Å². The van der Waals surface area contributed by atoms with Gasteiger partial charge in [-0.1, -0.05) is 57.5 Å². The van der Waals surface area contributed by atoms with E-state index in [9.17, 15) is 0 Å². The van der Waals surface area contributed by atoms with Crippen LogP contribution in [0.2, 0.25) is 36.3 Å². The Labute approximate surface area is 183 Å². The highest BCUT2D eigenvalue weighted by molar-refractivity contribution is 9.11. The zero-order valence-corrected chi connectivity index (χ0v) is 23.5. The Morgan fingerprint density at radius 3 is 1.82 bits per heavy atom. The minimum absolute atomic E-state index is 0.109. The first-order chi connectivity index (χ1) is 12.3. The van der Waals surface area contributed by atoms with Gasteiger partial charge >= 0.3 is 0 Å². The average Bonchev–Trinajstić information content (AvgIpc) is 2.76. The number of ether oxygens (including phenoxy) is 2. The normalized spacial score (nSPS) is 31.5. The Kier molecular flexibility index (Phi) is 6.69. The first-order valence-electron chi connectivity index (χ1n) is 10.4. The maximum atomic E-state index is 6.94. The molecule has 0 bridgehead atoms. The van der Waals surface area contributed by atoms with E-state index in [0.29, 0.717) is 0 Å². The standard InChI is InChI=1S/C21H41BrO4Si2/c1-19(2,3)27(9,10)25-15-13-14(22)16-18(24-21(7,8)23-16)17(15)26-28(11,12)20(4,5)6/h13,15-18H,1-12H3/t15-,16+,17+,18+/m0/s1. The van der Waals surface area contributed by atoms with Gasteiger partial charge in [0.25, 0.3) is 0 Å². The van der Waals surface area contributed by atoms with Crippen LogP contribution in [0.25, 0.3) is 0 Å². The molecule has 4 nitrogen and oxygen atoms in total. The fourth-order valence-electron chi connectivity index (χ4n) is 3.05. The Hall–Kier alpha value is 0.494. The molecule has 1 fully saturated rings. The van der Waals surface area contributed by atoms with E-state index in [2.05, 4.69) is 89.7 Å². The predicted octanol–water partition coefficient (Wildman–Crippen LogP) is 6.58. The molecule has 0 aromatic rings. The maximum Gasteiger partial charge on any atom is 0.193 e. The van der Waals surface area contributed by atoms with Crippen LogP contribution in [-0.2, 0) is 18.3 Å². The van der Waals surface area contributed by atoms with Crippen molar-refractivity contribution in [1.29, 1.82) is 0 Å². The van der Waals surface area contributed by atoms with Gasteiger partial charge in [-0.25, -0.2) is 0 Å². The Morgan fingerprint density at radius 1 is 0.893 bits per heavy atom. The molecule has 1 heterocycles. The molecule has 0 saturated carbocycles. The molecular weight excluding hydrogens is 452 g/mol. The number of rotatable bonds is 4. The third kappa shape index (κ3) is 5.03. The summed E-state index contributed by atoms with van der Waals surface area (Å²) in [5.74, 6) is -0.636. The molecule has 2 rings (SSSR count). The van der Waals surface area contributed by atoms with E-state index in [1.807, 2.05) is 13.8 Å². The van der Waals surface area contributed by atoms with E-state index in [4.69, 9.17) is 18.3 Å². The quantitative estimate of drug-likeness (QED) is 0.415. The van der Waals surface area contributed by atoms with E-state index in [1.54, 1.807) is 0 Å². The molecule has 0 spiro atoms. The maximum absolute atomic E-state index is 6.94. The molecule has 4 atom stereocenters. The van der Waals surface area contributed by atoms with Crippen molar-refractivity contribution in [2.45, 2.75) is 122 Å². The number of halogens is 1. The summed E-state index contributed by atoms with van der Waals surface area (Å²) < 4.78 is 27.4. The van der Waals surface area contributed by atoms with Crippen LogP contribution in [0.4, 0.5) is 0 Å². The Bertz CT molecular complexity index is 617. The largest absolute Gasteiger partial charge is 0.408 e. The second-order valence-corrected chi connectivity index (χ2v) is 22.2. The molecule has 28 heavy (non-hydrogen) atoms. The number of fused-ring (bicyclic) bond motifs is 1. The molecule has 1 aliphatic heterocycles. The van der Waals surface area contributed by atoms with Gasteiger partial charge in [0.05, 0.1) is 6.10 Å². The van der Waals surface area contributed by atoms with E-state index in [0.717, 1.165) is 4.48 Å². The van der Waals surface area contributed by atoms with Crippen molar-refractivity contribution in [3.63, 3.8) is 0 Å². The Morgan fingerprint density at radius 2 is 1.36 bits per heavy atom. The van der Waals surface area contributed by atoms with Crippen molar-refractivity contribution in [1.82, 2.24) is 0 Å². The summed E-state index contributed by atoms with van der Waals surface area (Å²) in [5, 5.41) is 0.232. The van der Waals surface area contributed by atoms with Crippen LogP contribution in [-0.4, -0.2) is 46.8 Å². The lowest BCUT2D eigenvalue weighted by molar-refractivity contribution is -0.155. The number of hydrogen-bond donors (Lipinski definition) is 0. The SMILES string of the molecule is CC1(C)O[C@H]2[C@H](O[Si](C)(C)C(C)(C)C)[C@@H](O[Si](C)(C)C(C)(C)C)C=C(Br)[C@H]2O1. The lowest BCUT2D eigenvalue weighted by Gasteiger charge is -2.47. The van der Waals surface area contributed by atoms with Crippen molar-refractivity contribution in [2.75, 3.05) is 0 Å². The van der Waals surface area contributed by atoms with E-state index in [-0.39, 0.29) is 34.5 Å². The minimum atomic E-state index is -2.03. The van der Waals surface area contributed by atoms with Crippen LogP contribution in [0, 0.1) is 0 Å². The molecule has 2 aliphatic rings. The van der Waals surface area contributed by atoms with Crippen LogP contribution in [0.3, 0.4) is 0 Å². The highest BCUT2D eigenvalue weighted by Crippen LogP contribution is 2.46. The van der Waals surface area contributed by atoms with Crippen LogP contribution in [0.15, 0.2) is 10.6 Å². The first-order valence-corrected chi connectivity index (χ1v) is 17.0. The van der Waals surface area contributed by atoms with Gasteiger partial charge in [0.2, 0.25) is 0 Å². The molecule has 0 amide bonds. The van der Waals surface area contributed by atoms with Gasteiger partial charge in [-0.05, 0) is 56.2 Å². The van der Waals surface area contributed by atoms with E-state index >= 15 is 0 Å². The van der Waals surface area contributed by atoms with Gasteiger partial charge in [-0.2, -0.15) is 0 Å². The lowest BCUT2D eigenvalue weighted by Crippen LogP contribution is -2.58. The van der Waals surface area contributed by atoms with Gasteiger partial charge in [0.1, 0.15) is 18.3 Å². The predicted molar refractivity (Wildman–Crippen MR) is 125 cm³/mol. The summed E-state index contributed by atoms with van der Waals surface area (Å²) in [4.78, 5) is 0.